The molecule has 3 heterocycles. The van der Waals surface area contributed by atoms with Gasteiger partial charge in [-0.1, -0.05) is 6.07 Å². The number of carbonyl (C=O) groups is 5. The second-order valence-corrected chi connectivity index (χ2v) is 16.9. The number of fused-ring (bicyclic) bond motifs is 2. The number of thioether (sulfide) groups is 1. The maximum absolute atomic E-state index is 13.5. The van der Waals surface area contributed by atoms with E-state index < -0.39 is 23.8 Å². The van der Waals surface area contributed by atoms with Crippen LogP contribution in [-0.2, 0) is 20.1 Å². The molecule has 46 heavy (non-hydrogen) atoms. The largest absolute Gasteiger partial charge is 0.462 e. The first-order valence-corrected chi connectivity index (χ1v) is 18.8. The molecule has 0 N–H and O–H groups in total. The molecule has 2 aliphatic heterocycles. The number of hydrogen-bond acceptors (Lipinski definition) is 8. The molecule has 0 spiro atoms. The van der Waals surface area contributed by atoms with E-state index in [9.17, 15) is 24.0 Å². The SMILES string of the molecule is O=C(OCCC12CC3CC(CC(C3)C1)C2)c1ccc2sc(CSc3cccc4c3C(=O)N(C3CCC(=O)N(I)C3=O)C4=O)cc2c1. The number of ether oxygens (including phenoxy) is 1. The molecule has 238 valence electrons. The average molecular weight is 769 g/mol. The Hall–Kier alpha value is -2.77. The monoisotopic (exact) mass is 768 g/mol. The van der Waals surface area contributed by atoms with Crippen molar-refractivity contribution in [1.29, 1.82) is 0 Å². The summed E-state index contributed by atoms with van der Waals surface area (Å²) in [5, 5.41) is 0.973. The number of hydrogen-bond donors (Lipinski definition) is 0. The predicted molar refractivity (Wildman–Crippen MR) is 183 cm³/mol. The zero-order valence-electron chi connectivity index (χ0n) is 25.2. The summed E-state index contributed by atoms with van der Waals surface area (Å²) in [5.41, 5.74) is 1.53. The molecule has 1 unspecified atom stereocenters. The predicted octanol–water partition coefficient (Wildman–Crippen LogP) is 7.42. The minimum absolute atomic E-state index is 0.0988. The first-order chi connectivity index (χ1) is 22.2. The van der Waals surface area contributed by atoms with Crippen molar-refractivity contribution in [3.05, 3.63) is 64.0 Å². The summed E-state index contributed by atoms with van der Waals surface area (Å²) in [6.07, 6.45) is 9.38. The highest BCUT2D eigenvalue weighted by Gasteiger charge is 2.51. The highest BCUT2D eigenvalue weighted by molar-refractivity contribution is 14.1. The molecular formula is C35H33IN2O6S2. The second kappa shape index (κ2) is 11.7. The molecule has 1 aromatic heterocycles. The third kappa shape index (κ3) is 5.30. The summed E-state index contributed by atoms with van der Waals surface area (Å²) in [4.78, 5) is 67.4. The fourth-order valence-corrected chi connectivity index (χ4v) is 11.8. The van der Waals surface area contributed by atoms with Gasteiger partial charge in [-0.3, -0.25) is 24.1 Å². The van der Waals surface area contributed by atoms with Crippen molar-refractivity contribution < 1.29 is 28.7 Å². The van der Waals surface area contributed by atoms with Crippen molar-refractivity contribution in [2.45, 2.75) is 74.5 Å². The molecule has 5 fully saturated rings. The van der Waals surface area contributed by atoms with Gasteiger partial charge in [-0.25, -0.2) is 7.91 Å². The fourth-order valence-electron chi connectivity index (χ4n) is 9.14. The van der Waals surface area contributed by atoms with Gasteiger partial charge in [-0.2, -0.15) is 0 Å². The standard InChI is InChI=1S/C35H33IN2O6S2/c36-38-29(39)7-5-26(32(38)41)37-31(40)25-2-1-3-28(30(25)33(37)42)45-18-24-14-23-13-22(4-6-27(23)46-24)34(43)44-9-8-35-15-19-10-20(16-35)12-21(11-19)17-35/h1-4,6,13-14,19-21,26H,5,7-12,15-18H2. The van der Waals surface area contributed by atoms with E-state index in [0.29, 0.717) is 33.8 Å². The van der Waals surface area contributed by atoms with Gasteiger partial charge in [-0.05, 0) is 116 Å². The van der Waals surface area contributed by atoms with Crippen molar-refractivity contribution in [1.82, 2.24) is 8.01 Å². The topological polar surface area (TPSA) is 101 Å². The van der Waals surface area contributed by atoms with E-state index in [-0.39, 0.29) is 30.3 Å². The van der Waals surface area contributed by atoms with Crippen molar-refractivity contribution >= 4 is 85.6 Å². The van der Waals surface area contributed by atoms with Crippen LogP contribution < -0.4 is 0 Å². The van der Waals surface area contributed by atoms with Crippen LogP contribution in [0.5, 0.6) is 0 Å². The summed E-state index contributed by atoms with van der Waals surface area (Å²) in [6, 6.07) is 12.0. The highest BCUT2D eigenvalue weighted by Crippen LogP contribution is 2.61. The Morgan fingerprint density at radius 1 is 0.978 bits per heavy atom. The van der Waals surface area contributed by atoms with Crippen LogP contribution >= 0.6 is 46.0 Å². The van der Waals surface area contributed by atoms with Crippen LogP contribution in [0.25, 0.3) is 10.1 Å². The normalized spacial score (nSPS) is 28.5. The zero-order chi connectivity index (χ0) is 31.7. The molecule has 4 amide bonds. The molecule has 3 aromatic rings. The number of esters is 1. The maximum Gasteiger partial charge on any atom is 0.338 e. The Morgan fingerprint density at radius 3 is 2.46 bits per heavy atom. The molecule has 6 aliphatic rings. The van der Waals surface area contributed by atoms with Crippen LogP contribution in [0.1, 0.15) is 93.7 Å². The lowest BCUT2D eigenvalue weighted by Crippen LogP contribution is -2.53. The first kappa shape index (κ1) is 30.6. The van der Waals surface area contributed by atoms with Gasteiger partial charge >= 0.3 is 5.97 Å². The number of rotatable bonds is 8. The van der Waals surface area contributed by atoms with Crippen molar-refractivity contribution in [2.75, 3.05) is 6.61 Å². The van der Waals surface area contributed by atoms with E-state index in [1.807, 2.05) is 24.3 Å². The van der Waals surface area contributed by atoms with Gasteiger partial charge in [0.05, 0.1) is 46.2 Å². The number of imide groups is 2. The van der Waals surface area contributed by atoms with Crippen LogP contribution in [0.2, 0.25) is 0 Å². The number of amides is 4. The molecule has 4 aliphatic carbocycles. The molecule has 9 rings (SSSR count). The van der Waals surface area contributed by atoms with Gasteiger partial charge in [0.1, 0.15) is 6.04 Å². The van der Waals surface area contributed by atoms with Crippen LogP contribution in [0.4, 0.5) is 0 Å². The lowest BCUT2D eigenvalue weighted by atomic mass is 9.49. The quantitative estimate of drug-likeness (QED) is 0.0774. The summed E-state index contributed by atoms with van der Waals surface area (Å²) in [6.45, 7) is 0.484. The number of halogens is 1. The molecule has 11 heteroatoms. The average Bonchev–Trinajstić information content (AvgIpc) is 3.55. The molecule has 1 atom stereocenters. The molecule has 1 saturated heterocycles. The van der Waals surface area contributed by atoms with Gasteiger partial charge in [0.15, 0.2) is 0 Å². The molecule has 2 aromatic carbocycles. The Balaban J connectivity index is 0.920. The van der Waals surface area contributed by atoms with E-state index in [1.54, 1.807) is 46.3 Å². The lowest BCUT2D eigenvalue weighted by Gasteiger charge is -2.57. The molecular weight excluding hydrogens is 735 g/mol. The number of benzene rings is 2. The fraction of sp³-hybridized carbons (Fsp3) is 0.457. The second-order valence-electron chi connectivity index (χ2n) is 13.8. The third-order valence-electron chi connectivity index (χ3n) is 10.8. The van der Waals surface area contributed by atoms with E-state index in [2.05, 4.69) is 6.07 Å². The van der Waals surface area contributed by atoms with E-state index in [4.69, 9.17) is 4.74 Å². The van der Waals surface area contributed by atoms with Crippen LogP contribution in [0.15, 0.2) is 47.4 Å². The minimum atomic E-state index is -0.986. The summed E-state index contributed by atoms with van der Waals surface area (Å²) >= 11 is 4.73. The number of carbonyl (C=O) groups excluding carboxylic acids is 5. The van der Waals surface area contributed by atoms with Gasteiger partial charge in [-0.15, -0.1) is 23.1 Å². The van der Waals surface area contributed by atoms with Gasteiger partial charge in [0.2, 0.25) is 5.91 Å². The van der Waals surface area contributed by atoms with Gasteiger partial charge in [0, 0.05) is 26.6 Å². The molecule has 4 saturated carbocycles. The van der Waals surface area contributed by atoms with Crippen LogP contribution in [0.3, 0.4) is 0 Å². The molecule has 8 nitrogen and oxygen atoms in total. The van der Waals surface area contributed by atoms with Crippen molar-refractivity contribution in [2.24, 2.45) is 23.2 Å². The Bertz CT molecular complexity index is 1780. The zero-order valence-corrected chi connectivity index (χ0v) is 29.0. The summed E-state index contributed by atoms with van der Waals surface area (Å²) in [5.74, 6) is 1.09. The molecule has 4 bridgehead atoms. The van der Waals surface area contributed by atoms with Gasteiger partial charge < -0.3 is 4.74 Å². The highest BCUT2D eigenvalue weighted by atomic mass is 127. The van der Waals surface area contributed by atoms with E-state index >= 15 is 0 Å². The summed E-state index contributed by atoms with van der Waals surface area (Å²) < 4.78 is 7.85. The van der Waals surface area contributed by atoms with Crippen molar-refractivity contribution in [3.8, 4) is 0 Å². The number of thiophene rings is 1. The summed E-state index contributed by atoms with van der Waals surface area (Å²) in [7, 11) is 0. The van der Waals surface area contributed by atoms with Gasteiger partial charge in [0.25, 0.3) is 17.7 Å². The Kier molecular flexibility index (Phi) is 7.79. The third-order valence-corrected chi connectivity index (χ3v) is 14.2. The Labute approximate surface area is 289 Å². The number of piperidine rings is 1. The smallest absolute Gasteiger partial charge is 0.338 e. The van der Waals surface area contributed by atoms with Crippen LogP contribution in [-0.4, -0.2) is 50.3 Å². The lowest BCUT2D eigenvalue weighted by molar-refractivity contribution is -0.142. The van der Waals surface area contributed by atoms with Crippen LogP contribution in [0, 0.1) is 23.2 Å². The van der Waals surface area contributed by atoms with E-state index in [0.717, 1.165) is 47.2 Å². The first-order valence-electron chi connectivity index (χ1n) is 16.0. The number of nitrogens with zero attached hydrogens (tertiary/aromatic N) is 2. The Morgan fingerprint density at radius 2 is 1.72 bits per heavy atom. The molecule has 0 radical (unpaired) electrons. The van der Waals surface area contributed by atoms with Crippen molar-refractivity contribution in [3.63, 3.8) is 0 Å². The minimum Gasteiger partial charge on any atom is -0.462 e. The van der Waals surface area contributed by atoms with E-state index in [1.165, 1.54) is 50.3 Å². The maximum atomic E-state index is 13.5.